The fraction of sp³-hybridized carbons (Fsp3) is 0.875. The van der Waals surface area contributed by atoms with Crippen LogP contribution in [0, 0.1) is 56.2 Å². The number of carboxylic acid groups (broad SMARTS) is 1. The second-order valence-electron chi connectivity index (χ2n) is 15.8. The number of hydrogen-bond acceptors (Lipinski definition) is 3. The van der Waals surface area contributed by atoms with E-state index < -0.39 is 11.4 Å². The molecule has 4 nitrogen and oxygen atoms in total. The third kappa shape index (κ3) is 3.03. The average Bonchev–Trinajstić information content (AvgIpc) is 2.75. The predicted molar refractivity (Wildman–Crippen MR) is 142 cm³/mol. The predicted octanol–water partition coefficient (Wildman–Crippen LogP) is 7.05. The highest BCUT2D eigenvalue weighted by atomic mass is 16.4. The maximum atomic E-state index is 14.5. The zero-order chi connectivity index (χ0) is 26.7. The minimum atomic E-state index is -0.708. The lowest BCUT2D eigenvalue weighted by molar-refractivity contribution is -0.239. The van der Waals surface area contributed by atoms with Crippen LogP contribution in [-0.2, 0) is 9.59 Å². The second-order valence-corrected chi connectivity index (χ2v) is 15.8. The summed E-state index contributed by atoms with van der Waals surface area (Å²) in [6.07, 6.45) is 7.87. The third-order valence-electron chi connectivity index (χ3n) is 13.5. The Kier molecular flexibility index (Phi) is 5.66. The Balaban J connectivity index is 1.66. The van der Waals surface area contributed by atoms with Crippen LogP contribution in [0.1, 0.15) is 113 Å². The summed E-state index contributed by atoms with van der Waals surface area (Å²) in [5.41, 5.74) is -0.234. The van der Waals surface area contributed by atoms with Crippen molar-refractivity contribution >= 4 is 11.8 Å². The highest BCUT2D eigenvalue weighted by molar-refractivity contribution is 5.85. The number of fused-ring (bicyclic) bond motifs is 7. The van der Waals surface area contributed by atoms with Crippen LogP contribution in [0.3, 0.4) is 0 Å². The van der Waals surface area contributed by atoms with Crippen molar-refractivity contribution in [3.8, 4) is 0 Å². The molecule has 0 aromatic heterocycles. The van der Waals surface area contributed by atoms with Gasteiger partial charge >= 0.3 is 5.97 Å². The summed E-state index contributed by atoms with van der Waals surface area (Å²) in [6.45, 7) is 20.5. The number of ketones is 1. The molecule has 7 unspecified atom stereocenters. The molecule has 0 radical (unpaired) electrons. The van der Waals surface area contributed by atoms with E-state index in [0.29, 0.717) is 24.5 Å². The molecule has 0 amide bonds. The van der Waals surface area contributed by atoms with Crippen molar-refractivity contribution < 1.29 is 19.8 Å². The molecule has 202 valence electrons. The Morgan fingerprint density at radius 3 is 2.17 bits per heavy atom. The Morgan fingerprint density at radius 2 is 1.56 bits per heavy atom. The van der Waals surface area contributed by atoms with Crippen molar-refractivity contribution in [3.63, 3.8) is 0 Å². The topological polar surface area (TPSA) is 74.6 Å². The fourth-order valence-corrected chi connectivity index (χ4v) is 11.8. The van der Waals surface area contributed by atoms with Gasteiger partial charge in [0.1, 0.15) is 5.78 Å². The lowest BCUT2D eigenvalue weighted by Crippen LogP contribution is -2.70. The van der Waals surface area contributed by atoms with Gasteiger partial charge in [-0.25, -0.2) is 0 Å². The summed E-state index contributed by atoms with van der Waals surface area (Å²) < 4.78 is 0. The molecule has 9 atom stereocenters. The molecule has 0 spiro atoms. The summed E-state index contributed by atoms with van der Waals surface area (Å²) in [7, 11) is 0. The van der Waals surface area contributed by atoms with Gasteiger partial charge in [0.15, 0.2) is 0 Å². The Labute approximate surface area is 218 Å². The smallest absolute Gasteiger partial charge is 0.309 e. The minimum absolute atomic E-state index is 0.0149. The number of carbonyl (C=O) groups is 2. The van der Waals surface area contributed by atoms with Gasteiger partial charge in [0.05, 0.1) is 11.5 Å². The molecule has 5 fully saturated rings. The first-order valence-corrected chi connectivity index (χ1v) is 14.6. The van der Waals surface area contributed by atoms with E-state index in [2.05, 4.69) is 55.0 Å². The Bertz CT molecular complexity index is 994. The van der Waals surface area contributed by atoms with Crippen LogP contribution in [-0.4, -0.2) is 28.1 Å². The van der Waals surface area contributed by atoms with E-state index >= 15 is 0 Å². The number of carbonyl (C=O) groups excluding carboxylic acids is 1. The van der Waals surface area contributed by atoms with E-state index in [-0.39, 0.29) is 50.9 Å². The largest absolute Gasteiger partial charge is 0.481 e. The lowest BCUT2D eigenvalue weighted by atomic mass is 9.30. The summed E-state index contributed by atoms with van der Waals surface area (Å²) >= 11 is 0. The molecule has 0 bridgehead atoms. The van der Waals surface area contributed by atoms with E-state index in [1.165, 1.54) is 5.57 Å². The van der Waals surface area contributed by atoms with Gasteiger partial charge in [0.2, 0.25) is 0 Å². The van der Waals surface area contributed by atoms with Gasteiger partial charge in [-0.1, -0.05) is 53.7 Å². The van der Waals surface area contributed by atoms with Crippen molar-refractivity contribution in [2.24, 2.45) is 56.2 Å². The normalized spacial score (nSPS) is 51.2. The first-order chi connectivity index (χ1) is 16.5. The second kappa shape index (κ2) is 7.70. The van der Waals surface area contributed by atoms with Crippen molar-refractivity contribution in [1.29, 1.82) is 0 Å². The number of hydrogen-bond donors (Lipinski definition) is 2. The van der Waals surface area contributed by atoms with Crippen LogP contribution in [0.2, 0.25) is 0 Å². The van der Waals surface area contributed by atoms with Gasteiger partial charge in [-0.3, -0.25) is 9.59 Å². The van der Waals surface area contributed by atoms with Gasteiger partial charge < -0.3 is 10.2 Å². The fourth-order valence-electron chi connectivity index (χ4n) is 11.8. The molecule has 0 heterocycles. The molecule has 5 rings (SSSR count). The summed E-state index contributed by atoms with van der Waals surface area (Å²) in [5.74, 6) is 0.0406. The van der Waals surface area contributed by atoms with Crippen LogP contribution in [0.25, 0.3) is 0 Å². The first kappa shape index (κ1) is 26.4. The molecular weight excluding hydrogens is 448 g/mol. The Morgan fingerprint density at radius 1 is 0.917 bits per heavy atom. The van der Waals surface area contributed by atoms with Gasteiger partial charge in [-0.15, -0.1) is 0 Å². The van der Waals surface area contributed by atoms with E-state index in [0.717, 1.165) is 51.4 Å². The Hall–Kier alpha value is -1.16. The number of aliphatic hydroxyl groups excluding tert-OH is 1. The average molecular weight is 499 g/mol. The third-order valence-corrected chi connectivity index (χ3v) is 13.5. The molecule has 0 aliphatic heterocycles. The number of aliphatic hydroxyl groups is 1. The monoisotopic (exact) mass is 498 g/mol. The van der Waals surface area contributed by atoms with E-state index in [9.17, 15) is 19.8 Å². The minimum Gasteiger partial charge on any atom is -0.481 e. The molecule has 5 aliphatic carbocycles. The van der Waals surface area contributed by atoms with Crippen LogP contribution in [0.15, 0.2) is 12.2 Å². The molecule has 0 saturated heterocycles. The molecule has 4 heteroatoms. The quantitative estimate of drug-likeness (QED) is 0.400. The van der Waals surface area contributed by atoms with Gasteiger partial charge in [-0.05, 0) is 104 Å². The standard InChI is InChI=1S/C32H50O4/c1-19(2)32-16-15-31(26(35)36)14-13-27(3,4)18-21(31)20(32)17-22(33)25-29(7)11-10-24(34)28(5,6)23(29)9-12-30(25,32)8/h20-21,23-25,34H,1,9-18H2,2-8H3,(H,35,36)/t20?,21-,23?,24?,25?,29?,30?,31?,32-/m0/s1. The van der Waals surface area contributed by atoms with Crippen LogP contribution in [0.5, 0.6) is 0 Å². The maximum Gasteiger partial charge on any atom is 0.309 e. The number of Topliss-reactive ketones (excluding diaryl/α,β-unsaturated/α-hetero) is 1. The van der Waals surface area contributed by atoms with E-state index in [1.54, 1.807) is 0 Å². The molecule has 0 aromatic rings. The van der Waals surface area contributed by atoms with Crippen molar-refractivity contribution in [3.05, 3.63) is 12.2 Å². The highest BCUT2D eigenvalue weighted by Gasteiger charge is 2.74. The SMILES string of the molecule is C=C(C)[C@@]12CCC3(C(=O)O)CCC(C)(C)C[C@H]3C1CC(=O)C1C3(C)CCC(O)C(C)(C)C3CCC12C. The maximum absolute atomic E-state index is 14.5. The number of allylic oxidation sites excluding steroid dienone is 1. The molecule has 36 heavy (non-hydrogen) atoms. The molecule has 5 saturated carbocycles. The van der Waals surface area contributed by atoms with Crippen molar-refractivity contribution in [2.45, 2.75) is 119 Å². The van der Waals surface area contributed by atoms with Crippen molar-refractivity contribution in [2.75, 3.05) is 0 Å². The zero-order valence-electron chi connectivity index (χ0n) is 23.9. The summed E-state index contributed by atoms with van der Waals surface area (Å²) in [5, 5.41) is 21.6. The summed E-state index contributed by atoms with van der Waals surface area (Å²) in [4.78, 5) is 27.4. The summed E-state index contributed by atoms with van der Waals surface area (Å²) in [6, 6.07) is 0. The first-order valence-electron chi connectivity index (χ1n) is 14.6. The van der Waals surface area contributed by atoms with Crippen molar-refractivity contribution in [1.82, 2.24) is 0 Å². The van der Waals surface area contributed by atoms with E-state index in [1.807, 2.05) is 0 Å². The molecule has 0 aromatic carbocycles. The van der Waals surface area contributed by atoms with Crippen LogP contribution in [0.4, 0.5) is 0 Å². The van der Waals surface area contributed by atoms with Crippen LogP contribution >= 0.6 is 0 Å². The number of aliphatic carboxylic acids is 1. The van der Waals surface area contributed by atoms with Gasteiger partial charge in [-0.2, -0.15) is 0 Å². The zero-order valence-corrected chi connectivity index (χ0v) is 23.9. The lowest BCUT2D eigenvalue weighted by Gasteiger charge is -2.73. The molecule has 5 aliphatic rings. The van der Waals surface area contributed by atoms with Gasteiger partial charge in [0.25, 0.3) is 0 Å². The van der Waals surface area contributed by atoms with E-state index in [4.69, 9.17) is 0 Å². The van der Waals surface area contributed by atoms with Gasteiger partial charge in [0, 0.05) is 17.8 Å². The number of carboxylic acids is 1. The molecular formula is C32H50O4. The number of rotatable bonds is 2. The highest BCUT2D eigenvalue weighted by Crippen LogP contribution is 2.77. The molecule has 2 N–H and O–H groups in total. The van der Waals surface area contributed by atoms with Crippen LogP contribution < -0.4 is 0 Å².